The molecule has 0 N–H and O–H groups in total. The van der Waals surface area contributed by atoms with Gasteiger partial charge in [0.05, 0.1) is 0 Å². The molecule has 318 valence electrons. The van der Waals surface area contributed by atoms with Gasteiger partial charge >= 0.3 is 0 Å². The molecule has 0 aliphatic carbocycles. The molecule has 10 heteroatoms. The molecule has 0 aromatic rings. The van der Waals surface area contributed by atoms with E-state index >= 15 is 0 Å². The highest BCUT2D eigenvalue weighted by molar-refractivity contribution is 7.40. The molecule has 0 saturated heterocycles. The smallest absolute Gasteiger partial charge is 0.0288 e. The standard InChI is InChI=1S/C45H74.2H3O4P/c1-12-38(4)22-14-24-40(6)26-16-28-42(8)30-18-32-44(10)34-20-36-45(11)35-19-33-43(9)31-17-29-41(7)27-15-25-39(5)23-13-21-37(2)3;2*1-5(2,3)4/h12,21,24-25,28-29,32-33,36H,13-20,22-23,26-27,30-31,34-35H2,1-11H3;2*(H3,1,2,3,4)/p-6. The van der Waals surface area contributed by atoms with Crippen LogP contribution >= 0.6 is 15.6 Å². The van der Waals surface area contributed by atoms with E-state index < -0.39 is 15.6 Å². The van der Waals surface area contributed by atoms with Crippen LogP contribution in [0.15, 0.2) is 105 Å². The summed E-state index contributed by atoms with van der Waals surface area (Å²) < 4.78 is 17.1. The lowest BCUT2D eigenvalue weighted by atomic mass is 10.0. The highest BCUT2D eigenvalue weighted by atomic mass is 31.2. The Morgan fingerprint density at radius 3 is 0.618 bits per heavy atom. The molecule has 0 rings (SSSR count). The predicted octanol–water partition coefficient (Wildman–Crippen LogP) is 10.1. The molecule has 0 radical (unpaired) electrons. The quantitative estimate of drug-likeness (QED) is 0.0685. The van der Waals surface area contributed by atoms with Crippen molar-refractivity contribution in [1.29, 1.82) is 0 Å². The predicted molar refractivity (Wildman–Crippen MR) is 224 cm³/mol. The zero-order valence-electron chi connectivity index (χ0n) is 36.2. The molecule has 0 saturated carbocycles. The van der Waals surface area contributed by atoms with Crippen molar-refractivity contribution in [2.45, 2.75) is 179 Å². The van der Waals surface area contributed by atoms with Gasteiger partial charge in [-0.1, -0.05) is 105 Å². The van der Waals surface area contributed by atoms with Crippen LogP contribution < -0.4 is 29.4 Å². The van der Waals surface area contributed by atoms with Gasteiger partial charge in [0.2, 0.25) is 0 Å². The summed E-state index contributed by atoms with van der Waals surface area (Å²) in [6.07, 6.45) is 40.6. The van der Waals surface area contributed by atoms with E-state index in [0.29, 0.717) is 0 Å². The molecule has 0 aliphatic rings. The number of hydrogen-bond donors (Lipinski definition) is 0. The minimum atomic E-state index is -5.39. The number of hydrogen-bond acceptors (Lipinski definition) is 8. The van der Waals surface area contributed by atoms with Crippen molar-refractivity contribution >= 4 is 15.6 Å². The van der Waals surface area contributed by atoms with Crippen LogP contribution in [0.2, 0.25) is 0 Å². The van der Waals surface area contributed by atoms with Gasteiger partial charge in [-0.05, 0) is 179 Å². The van der Waals surface area contributed by atoms with Gasteiger partial charge in [-0.15, -0.1) is 0 Å². The van der Waals surface area contributed by atoms with Crippen molar-refractivity contribution in [3.63, 3.8) is 0 Å². The molecule has 0 aromatic heterocycles. The summed E-state index contributed by atoms with van der Waals surface area (Å²) in [6.45, 7) is 24.8. The third-order valence-corrected chi connectivity index (χ3v) is 8.80. The molecule has 8 nitrogen and oxygen atoms in total. The van der Waals surface area contributed by atoms with Gasteiger partial charge in [0.15, 0.2) is 0 Å². The van der Waals surface area contributed by atoms with Crippen LogP contribution in [0.1, 0.15) is 179 Å². The number of allylic oxidation sites excluding steroid dienone is 18. The number of phosphoric acid groups is 2. The summed E-state index contributed by atoms with van der Waals surface area (Å²) in [5.41, 5.74) is 13.6. The largest absolute Gasteiger partial charge is 0.822 e. The first-order valence-corrected chi connectivity index (χ1v) is 22.7. The molecule has 55 heavy (non-hydrogen) atoms. The van der Waals surface area contributed by atoms with Crippen molar-refractivity contribution in [3.8, 4) is 0 Å². The lowest BCUT2D eigenvalue weighted by molar-refractivity contribution is -0.434. The van der Waals surface area contributed by atoms with Gasteiger partial charge in [-0.3, -0.25) is 0 Å². The van der Waals surface area contributed by atoms with Crippen LogP contribution in [0.4, 0.5) is 0 Å². The Morgan fingerprint density at radius 1 is 0.327 bits per heavy atom. The van der Waals surface area contributed by atoms with Crippen molar-refractivity contribution in [2.24, 2.45) is 0 Å². The highest BCUT2D eigenvalue weighted by Crippen LogP contribution is 2.17. The summed E-state index contributed by atoms with van der Waals surface area (Å²) >= 11 is 0. The van der Waals surface area contributed by atoms with E-state index in [0.717, 1.165) is 0 Å². The molecular weight excluding hydrogens is 730 g/mol. The van der Waals surface area contributed by atoms with Gasteiger partial charge in [-0.25, -0.2) is 0 Å². The Balaban J connectivity index is -0.00000237. The molecule has 0 unspecified atom stereocenters. The lowest BCUT2D eigenvalue weighted by Crippen LogP contribution is -2.24. The third kappa shape index (κ3) is 56.3. The molecule has 0 fully saturated rings. The second kappa shape index (κ2) is 35.1. The Morgan fingerprint density at radius 2 is 0.473 bits per heavy atom. The highest BCUT2D eigenvalue weighted by Gasteiger charge is 1.97. The zero-order chi connectivity index (χ0) is 42.9. The summed E-state index contributed by atoms with van der Waals surface area (Å²) in [5.74, 6) is 0. The van der Waals surface area contributed by atoms with E-state index in [4.69, 9.17) is 38.5 Å². The van der Waals surface area contributed by atoms with Crippen LogP contribution in [0.5, 0.6) is 0 Å². The molecular formula is C45H74O8P2-6. The Kier molecular flexibility index (Phi) is 36.5. The van der Waals surface area contributed by atoms with E-state index in [1.807, 2.05) is 0 Å². The second-order valence-electron chi connectivity index (χ2n) is 15.0. The normalized spacial score (nSPS) is 14.3. The Hall–Kier alpha value is -2.12. The first kappa shape index (κ1) is 57.2. The first-order chi connectivity index (χ1) is 25.4. The van der Waals surface area contributed by atoms with Crippen molar-refractivity contribution < 1.29 is 38.5 Å². The average molecular weight is 805 g/mol. The number of rotatable bonds is 24. The Labute approximate surface area is 336 Å². The summed E-state index contributed by atoms with van der Waals surface area (Å²) in [4.78, 5) is 51.3. The topological polar surface area (TPSA) is 172 Å². The fourth-order valence-corrected chi connectivity index (χ4v) is 5.27. The monoisotopic (exact) mass is 804 g/mol. The van der Waals surface area contributed by atoms with Crippen molar-refractivity contribution in [1.82, 2.24) is 0 Å². The van der Waals surface area contributed by atoms with E-state index in [2.05, 4.69) is 131 Å². The molecule has 0 heterocycles. The molecule has 0 aromatic carbocycles. The minimum absolute atomic E-state index is 1.17. The van der Waals surface area contributed by atoms with Crippen LogP contribution in [0.3, 0.4) is 0 Å². The van der Waals surface area contributed by atoms with Gasteiger partial charge in [0.1, 0.15) is 0 Å². The van der Waals surface area contributed by atoms with E-state index in [9.17, 15) is 0 Å². The fourth-order valence-electron chi connectivity index (χ4n) is 5.27. The summed E-state index contributed by atoms with van der Waals surface area (Å²) in [6, 6.07) is 0. The van der Waals surface area contributed by atoms with Gasteiger partial charge in [0.25, 0.3) is 0 Å². The minimum Gasteiger partial charge on any atom is -0.822 e. The molecule has 0 spiro atoms. The average Bonchev–Trinajstić information content (AvgIpc) is 3.03. The second-order valence-corrected chi connectivity index (χ2v) is 16.8. The zero-order valence-corrected chi connectivity index (χ0v) is 38.0. The van der Waals surface area contributed by atoms with Gasteiger partial charge in [0, 0.05) is 0 Å². The lowest BCUT2D eigenvalue weighted by Gasteiger charge is -2.36. The van der Waals surface area contributed by atoms with Crippen molar-refractivity contribution in [2.75, 3.05) is 0 Å². The fraction of sp³-hybridized carbons (Fsp3) is 0.600. The maximum Gasteiger partial charge on any atom is -0.0288 e. The summed E-state index contributed by atoms with van der Waals surface area (Å²) in [7, 11) is -10.8. The first-order valence-electron chi connectivity index (χ1n) is 19.7. The van der Waals surface area contributed by atoms with Crippen LogP contribution in [0, 0.1) is 0 Å². The summed E-state index contributed by atoms with van der Waals surface area (Å²) in [5, 5.41) is 0. The molecule has 0 atom stereocenters. The Bertz CT molecular complexity index is 1390. The molecule has 0 amide bonds. The van der Waals surface area contributed by atoms with E-state index in [-0.39, 0.29) is 0 Å². The van der Waals surface area contributed by atoms with Crippen LogP contribution in [-0.2, 0) is 9.13 Å². The van der Waals surface area contributed by atoms with Crippen LogP contribution in [-0.4, -0.2) is 0 Å². The molecule has 0 bridgehead atoms. The van der Waals surface area contributed by atoms with Gasteiger partial charge in [-0.2, -0.15) is 15.6 Å². The SMILES string of the molecule is CC=C(C)CCC=C(C)CCC=C(C)CCC=C(C)CCC=C(C)CCC=C(C)CCC=C(C)CCC=C(C)CCC=C(C)C.O=P([O-])([O-])[O-].O=P([O-])([O-])[O-]. The molecule has 0 aliphatic heterocycles. The van der Waals surface area contributed by atoms with Crippen molar-refractivity contribution in [3.05, 3.63) is 105 Å². The van der Waals surface area contributed by atoms with Gasteiger partial charge < -0.3 is 38.5 Å². The van der Waals surface area contributed by atoms with Crippen LogP contribution in [0.25, 0.3) is 0 Å². The van der Waals surface area contributed by atoms with E-state index in [1.165, 1.54) is 153 Å². The maximum atomic E-state index is 8.55. The third-order valence-electron chi connectivity index (χ3n) is 8.80. The maximum absolute atomic E-state index is 8.55. The van der Waals surface area contributed by atoms with E-state index in [1.54, 1.807) is 0 Å².